The lowest BCUT2D eigenvalue weighted by atomic mass is 9.80. The molecule has 0 aromatic heterocycles. The van der Waals surface area contributed by atoms with Gasteiger partial charge >= 0.3 is 0 Å². The summed E-state index contributed by atoms with van der Waals surface area (Å²) in [6.45, 7) is 0. The molecular weight excluding hydrogens is 150 g/mol. The molecule has 0 spiro atoms. The minimum absolute atomic E-state index is 0.168. The molecule has 0 heterocycles. The van der Waals surface area contributed by atoms with Gasteiger partial charge in [-0.15, -0.1) is 0 Å². The summed E-state index contributed by atoms with van der Waals surface area (Å²) in [5.41, 5.74) is 6.38. The van der Waals surface area contributed by atoms with Crippen molar-refractivity contribution in [3.63, 3.8) is 0 Å². The smallest absolute Gasteiger partial charge is 0.0617 e. The van der Waals surface area contributed by atoms with E-state index in [0.717, 1.165) is 0 Å². The van der Waals surface area contributed by atoms with Gasteiger partial charge in [0.15, 0.2) is 0 Å². The second-order valence-corrected chi connectivity index (χ2v) is 4.40. The summed E-state index contributed by atoms with van der Waals surface area (Å²) in [7, 11) is 1.83. The molecule has 0 saturated heterocycles. The monoisotopic (exact) mass is 169 g/mol. The lowest BCUT2D eigenvalue weighted by Gasteiger charge is -2.34. The Morgan fingerprint density at radius 3 is 2.50 bits per heavy atom. The molecule has 0 aromatic carbocycles. The average molecular weight is 169 g/mol. The molecule has 0 radical (unpaired) electrons. The van der Waals surface area contributed by atoms with Crippen LogP contribution in [0.1, 0.15) is 38.5 Å². The third-order valence-electron chi connectivity index (χ3n) is 3.57. The first-order chi connectivity index (χ1) is 5.76. The molecule has 2 rings (SSSR count). The van der Waals surface area contributed by atoms with Crippen LogP contribution in [0.25, 0.3) is 0 Å². The first-order valence-electron chi connectivity index (χ1n) is 5.08. The second-order valence-electron chi connectivity index (χ2n) is 4.40. The van der Waals surface area contributed by atoms with Crippen molar-refractivity contribution in [2.45, 2.75) is 50.2 Å². The fourth-order valence-electron chi connectivity index (χ4n) is 2.55. The van der Waals surface area contributed by atoms with Crippen molar-refractivity contribution in [1.82, 2.24) is 0 Å². The molecule has 2 atom stereocenters. The van der Waals surface area contributed by atoms with Crippen molar-refractivity contribution in [3.05, 3.63) is 0 Å². The fraction of sp³-hybridized carbons (Fsp3) is 1.00. The van der Waals surface area contributed by atoms with Gasteiger partial charge in [0.25, 0.3) is 0 Å². The average Bonchev–Trinajstić information content (AvgIpc) is 2.85. The standard InChI is InChI=1S/C10H19NO/c1-12-9-5-3-2-4-8(9)10(11)6-7-10/h8-9H,2-7,11H2,1H3. The highest BCUT2D eigenvalue weighted by molar-refractivity contribution is 5.07. The van der Waals surface area contributed by atoms with Gasteiger partial charge in [0.2, 0.25) is 0 Å². The highest BCUT2D eigenvalue weighted by Crippen LogP contribution is 2.46. The third kappa shape index (κ3) is 1.38. The van der Waals surface area contributed by atoms with Crippen molar-refractivity contribution >= 4 is 0 Å². The first kappa shape index (κ1) is 8.52. The van der Waals surface area contributed by atoms with E-state index in [-0.39, 0.29) is 5.54 Å². The zero-order valence-corrected chi connectivity index (χ0v) is 7.88. The molecule has 0 aliphatic heterocycles. The minimum atomic E-state index is 0.168. The molecule has 2 N–H and O–H groups in total. The molecule has 2 unspecified atom stereocenters. The molecule has 0 aromatic rings. The van der Waals surface area contributed by atoms with Crippen LogP contribution >= 0.6 is 0 Å². The van der Waals surface area contributed by atoms with E-state index in [1.54, 1.807) is 0 Å². The second kappa shape index (κ2) is 3.00. The lowest BCUT2D eigenvalue weighted by molar-refractivity contribution is 0.00917. The number of rotatable bonds is 2. The van der Waals surface area contributed by atoms with E-state index in [1.165, 1.54) is 38.5 Å². The van der Waals surface area contributed by atoms with Gasteiger partial charge in [0.05, 0.1) is 6.10 Å². The Hall–Kier alpha value is -0.0800. The molecule has 70 valence electrons. The summed E-state index contributed by atoms with van der Waals surface area (Å²) in [6.07, 6.45) is 8.07. The van der Waals surface area contributed by atoms with E-state index in [2.05, 4.69) is 0 Å². The number of nitrogens with two attached hydrogens (primary N) is 1. The van der Waals surface area contributed by atoms with Crippen LogP contribution < -0.4 is 5.73 Å². The predicted molar refractivity (Wildman–Crippen MR) is 48.9 cm³/mol. The van der Waals surface area contributed by atoms with Gasteiger partial charge in [0, 0.05) is 18.6 Å². The van der Waals surface area contributed by atoms with Crippen LogP contribution in [0, 0.1) is 5.92 Å². The van der Waals surface area contributed by atoms with Crippen molar-refractivity contribution in [1.29, 1.82) is 0 Å². The molecule has 2 aliphatic rings. The number of hydrogen-bond donors (Lipinski definition) is 1. The topological polar surface area (TPSA) is 35.2 Å². The molecule has 2 aliphatic carbocycles. The summed E-state index contributed by atoms with van der Waals surface area (Å²) in [4.78, 5) is 0. The van der Waals surface area contributed by atoms with Crippen LogP contribution in [0.15, 0.2) is 0 Å². The zero-order valence-electron chi connectivity index (χ0n) is 7.88. The van der Waals surface area contributed by atoms with Crippen molar-refractivity contribution < 1.29 is 4.74 Å². The van der Waals surface area contributed by atoms with Crippen LogP contribution in [0.3, 0.4) is 0 Å². The van der Waals surface area contributed by atoms with Crippen LogP contribution in [-0.2, 0) is 4.74 Å². The summed E-state index contributed by atoms with van der Waals surface area (Å²) in [5, 5.41) is 0. The van der Waals surface area contributed by atoms with E-state index in [4.69, 9.17) is 10.5 Å². The van der Waals surface area contributed by atoms with Gasteiger partial charge in [-0.1, -0.05) is 12.8 Å². The Kier molecular flexibility index (Phi) is 2.13. The van der Waals surface area contributed by atoms with Crippen LogP contribution in [0.2, 0.25) is 0 Å². The number of ether oxygens (including phenoxy) is 1. The van der Waals surface area contributed by atoms with Crippen molar-refractivity contribution in [2.75, 3.05) is 7.11 Å². The van der Waals surface area contributed by atoms with E-state index in [0.29, 0.717) is 12.0 Å². The molecule has 0 bridgehead atoms. The van der Waals surface area contributed by atoms with Crippen molar-refractivity contribution in [2.24, 2.45) is 11.7 Å². The Morgan fingerprint density at radius 2 is 1.92 bits per heavy atom. The van der Waals surface area contributed by atoms with Gasteiger partial charge in [-0.25, -0.2) is 0 Å². The maximum Gasteiger partial charge on any atom is 0.0617 e. The summed E-state index contributed by atoms with van der Waals surface area (Å²) in [5.74, 6) is 0.649. The Labute approximate surface area is 74.5 Å². The lowest BCUT2D eigenvalue weighted by Crippen LogP contribution is -2.42. The van der Waals surface area contributed by atoms with Gasteiger partial charge < -0.3 is 10.5 Å². The molecule has 2 saturated carbocycles. The third-order valence-corrected chi connectivity index (χ3v) is 3.57. The SMILES string of the molecule is COC1CCCCC1C1(N)CC1. The van der Waals surface area contributed by atoms with Crippen LogP contribution in [-0.4, -0.2) is 18.8 Å². The fourth-order valence-corrected chi connectivity index (χ4v) is 2.55. The summed E-state index contributed by atoms with van der Waals surface area (Å²) >= 11 is 0. The molecule has 0 amide bonds. The zero-order chi connectivity index (χ0) is 8.60. The quantitative estimate of drug-likeness (QED) is 0.682. The summed E-state index contributed by atoms with van der Waals surface area (Å²) < 4.78 is 5.49. The van der Waals surface area contributed by atoms with E-state index in [1.807, 2.05) is 7.11 Å². The largest absolute Gasteiger partial charge is 0.381 e. The van der Waals surface area contributed by atoms with Gasteiger partial charge in [-0.2, -0.15) is 0 Å². The van der Waals surface area contributed by atoms with Crippen LogP contribution in [0.4, 0.5) is 0 Å². The maximum atomic E-state index is 6.21. The number of hydrogen-bond acceptors (Lipinski definition) is 2. The minimum Gasteiger partial charge on any atom is -0.381 e. The molecular formula is C10H19NO. The predicted octanol–water partition coefficient (Wildman–Crippen LogP) is 1.68. The normalized spacial score (nSPS) is 39.5. The highest BCUT2D eigenvalue weighted by atomic mass is 16.5. The van der Waals surface area contributed by atoms with Crippen LogP contribution in [0.5, 0.6) is 0 Å². The molecule has 2 nitrogen and oxygen atoms in total. The Balaban J connectivity index is 2.00. The van der Waals surface area contributed by atoms with E-state index in [9.17, 15) is 0 Å². The van der Waals surface area contributed by atoms with Gasteiger partial charge in [-0.05, 0) is 25.7 Å². The van der Waals surface area contributed by atoms with E-state index >= 15 is 0 Å². The maximum absolute atomic E-state index is 6.21. The molecule has 12 heavy (non-hydrogen) atoms. The van der Waals surface area contributed by atoms with Gasteiger partial charge in [-0.3, -0.25) is 0 Å². The summed E-state index contributed by atoms with van der Waals surface area (Å²) in [6, 6.07) is 0. The highest BCUT2D eigenvalue weighted by Gasteiger charge is 2.49. The first-order valence-corrected chi connectivity index (χ1v) is 5.08. The van der Waals surface area contributed by atoms with Gasteiger partial charge in [0.1, 0.15) is 0 Å². The molecule has 2 heteroatoms. The Morgan fingerprint density at radius 1 is 1.25 bits per heavy atom. The molecule has 2 fully saturated rings. The Bertz CT molecular complexity index is 165. The van der Waals surface area contributed by atoms with E-state index < -0.39 is 0 Å². The van der Waals surface area contributed by atoms with Crippen molar-refractivity contribution in [3.8, 4) is 0 Å². The number of methoxy groups -OCH3 is 1.